The van der Waals surface area contributed by atoms with Crippen molar-refractivity contribution in [2.45, 2.75) is 63.6 Å². The van der Waals surface area contributed by atoms with E-state index >= 15 is 0 Å². The first-order chi connectivity index (χ1) is 17.8. The van der Waals surface area contributed by atoms with Crippen LogP contribution in [0.15, 0.2) is 60.2 Å². The number of allylic oxidation sites excluding steroid dienone is 2. The quantitative estimate of drug-likeness (QED) is 0.147. The van der Waals surface area contributed by atoms with Gasteiger partial charge < -0.3 is 30.3 Å². The Morgan fingerprint density at radius 2 is 1.73 bits per heavy atom. The van der Waals surface area contributed by atoms with Crippen LogP contribution in [-0.4, -0.2) is 70.1 Å². The Kier molecular flexibility index (Phi) is 11.1. The largest absolute Gasteiger partial charge is 0.465 e. The third-order valence-electron chi connectivity index (χ3n) is 7.79. The maximum atomic E-state index is 11.9. The molecule has 0 radical (unpaired) electrons. The van der Waals surface area contributed by atoms with Crippen LogP contribution < -0.4 is 0 Å². The molecule has 2 aliphatic rings. The van der Waals surface area contributed by atoms with Crippen LogP contribution in [0.25, 0.3) is 0 Å². The molecular formula is C30H42O7. The van der Waals surface area contributed by atoms with Crippen molar-refractivity contribution < 1.29 is 35.1 Å². The highest BCUT2D eigenvalue weighted by Gasteiger charge is 2.33. The average molecular weight is 515 g/mol. The van der Waals surface area contributed by atoms with Crippen LogP contribution in [0.5, 0.6) is 0 Å². The molecule has 2 unspecified atom stereocenters. The van der Waals surface area contributed by atoms with E-state index in [1.165, 1.54) is 11.1 Å². The first-order valence-corrected chi connectivity index (χ1v) is 13.3. The molecule has 0 amide bonds. The number of hydrogen-bond donors (Lipinski definition) is 5. The van der Waals surface area contributed by atoms with E-state index in [9.17, 15) is 30.3 Å². The number of carbonyl (C=O) groups excluding carboxylic acids is 1. The van der Waals surface area contributed by atoms with Crippen LogP contribution in [0.2, 0.25) is 0 Å². The van der Waals surface area contributed by atoms with Gasteiger partial charge in [0.2, 0.25) is 0 Å². The van der Waals surface area contributed by atoms with Crippen LogP contribution in [-0.2, 0) is 22.4 Å². The number of rotatable bonds is 14. The first-order valence-electron chi connectivity index (χ1n) is 13.3. The van der Waals surface area contributed by atoms with Gasteiger partial charge in [-0.05, 0) is 73.1 Å². The second-order valence-corrected chi connectivity index (χ2v) is 10.6. The molecule has 3 atom stereocenters. The van der Waals surface area contributed by atoms with E-state index in [0.717, 1.165) is 24.0 Å². The Morgan fingerprint density at radius 3 is 2.35 bits per heavy atom. The molecule has 1 fully saturated rings. The van der Waals surface area contributed by atoms with E-state index in [1.54, 1.807) is 0 Å². The minimum atomic E-state index is -1.22. The minimum absolute atomic E-state index is 0.0507. The van der Waals surface area contributed by atoms with Crippen LogP contribution in [0.3, 0.4) is 0 Å². The predicted octanol–water partition coefficient (Wildman–Crippen LogP) is 2.64. The molecule has 3 rings (SSSR count). The number of ether oxygens (including phenoxy) is 1. The number of aliphatic hydroxyl groups excluding tert-OH is 5. The van der Waals surface area contributed by atoms with Gasteiger partial charge in [-0.25, -0.2) is 0 Å². The molecule has 0 aliphatic heterocycles. The second-order valence-electron chi connectivity index (χ2n) is 10.6. The molecule has 7 heteroatoms. The molecule has 1 aromatic rings. The van der Waals surface area contributed by atoms with E-state index < -0.39 is 43.4 Å². The minimum Gasteiger partial charge on any atom is -0.465 e. The van der Waals surface area contributed by atoms with Crippen molar-refractivity contribution in [3.63, 3.8) is 0 Å². The van der Waals surface area contributed by atoms with Crippen molar-refractivity contribution in [3.8, 4) is 0 Å². The highest BCUT2D eigenvalue weighted by Crippen LogP contribution is 2.39. The fourth-order valence-electron chi connectivity index (χ4n) is 5.18. The van der Waals surface area contributed by atoms with Crippen LogP contribution in [0.4, 0.5) is 0 Å². The number of hydrogen-bond acceptors (Lipinski definition) is 7. The van der Waals surface area contributed by atoms with E-state index in [1.807, 2.05) is 24.3 Å². The summed E-state index contributed by atoms with van der Waals surface area (Å²) in [5, 5.41) is 49.3. The van der Waals surface area contributed by atoms with Gasteiger partial charge in [-0.2, -0.15) is 0 Å². The number of esters is 1. The average Bonchev–Trinajstić information content (AvgIpc) is 3.46. The molecule has 37 heavy (non-hydrogen) atoms. The van der Waals surface area contributed by atoms with E-state index in [0.29, 0.717) is 32.1 Å². The van der Waals surface area contributed by atoms with Crippen LogP contribution in [0, 0.1) is 17.3 Å². The van der Waals surface area contributed by atoms with Crippen molar-refractivity contribution >= 4 is 5.97 Å². The van der Waals surface area contributed by atoms with Gasteiger partial charge in [-0.1, -0.05) is 49.1 Å². The summed E-state index contributed by atoms with van der Waals surface area (Å²) in [4.78, 5) is 11.9. The van der Waals surface area contributed by atoms with Gasteiger partial charge in [0.25, 0.3) is 0 Å². The van der Waals surface area contributed by atoms with Crippen molar-refractivity contribution in [2.24, 2.45) is 17.3 Å². The van der Waals surface area contributed by atoms with Gasteiger partial charge in [0.05, 0.1) is 37.4 Å². The number of unbranched alkanes of at least 4 members (excludes halogenated alkanes) is 1. The van der Waals surface area contributed by atoms with E-state index in [2.05, 4.69) is 24.8 Å². The fourth-order valence-corrected chi connectivity index (χ4v) is 5.18. The summed E-state index contributed by atoms with van der Waals surface area (Å²) >= 11 is 0. The summed E-state index contributed by atoms with van der Waals surface area (Å²) in [6.45, 7) is 2.49. The number of benzene rings is 1. The van der Waals surface area contributed by atoms with E-state index in [4.69, 9.17) is 4.74 Å². The molecule has 204 valence electrons. The van der Waals surface area contributed by atoms with E-state index in [-0.39, 0.29) is 24.9 Å². The van der Waals surface area contributed by atoms with Gasteiger partial charge >= 0.3 is 5.97 Å². The fraction of sp³-hybridized carbons (Fsp3) is 0.567. The van der Waals surface area contributed by atoms with Crippen LogP contribution in [0.1, 0.15) is 49.7 Å². The second kappa shape index (κ2) is 14.0. The number of carbonyl (C=O) groups is 1. The summed E-state index contributed by atoms with van der Waals surface area (Å²) in [7, 11) is 0. The summed E-state index contributed by atoms with van der Waals surface area (Å²) in [6.07, 6.45) is 10.1. The molecule has 0 spiro atoms. The molecule has 0 saturated heterocycles. The Labute approximate surface area is 219 Å². The summed E-state index contributed by atoms with van der Waals surface area (Å²) in [5.74, 6) is -0.277. The topological polar surface area (TPSA) is 127 Å². The Morgan fingerprint density at radius 1 is 1.08 bits per heavy atom. The lowest BCUT2D eigenvalue weighted by atomic mass is 9.91. The highest BCUT2D eigenvalue weighted by molar-refractivity contribution is 5.69. The van der Waals surface area contributed by atoms with Crippen molar-refractivity contribution in [3.05, 3.63) is 71.3 Å². The maximum Gasteiger partial charge on any atom is 0.305 e. The van der Waals surface area contributed by atoms with Crippen molar-refractivity contribution in [1.82, 2.24) is 0 Å². The first kappa shape index (κ1) is 29.3. The molecular weight excluding hydrogens is 472 g/mol. The maximum absolute atomic E-state index is 11.9. The SMILES string of the molecule is C=C1C[C@H](O)C(C/C=C\CCCC(=O)OCC(CO)(CO)CO)/C1=C\CC(O)C1Cc2ccccc2C1. The standard InChI is InChI=1S/C30H42O7/c1-21-14-28(35)26(10-4-2-3-5-11-29(36)37-20-30(17-31,18-32)19-33)25(21)12-13-27(34)24-15-22-8-6-7-9-23(22)16-24/h2,4,6-9,12,24,26-28,31-35H,1,3,5,10-11,13-20H2/b4-2-,25-12-/t26?,27?,28-/m0/s1. The smallest absolute Gasteiger partial charge is 0.305 e. The molecule has 0 heterocycles. The van der Waals surface area contributed by atoms with Crippen LogP contribution >= 0.6 is 0 Å². The lowest BCUT2D eigenvalue weighted by Crippen LogP contribution is -2.39. The summed E-state index contributed by atoms with van der Waals surface area (Å²) in [6, 6.07) is 8.36. The van der Waals surface area contributed by atoms with Crippen molar-refractivity contribution in [1.29, 1.82) is 0 Å². The molecule has 0 aromatic heterocycles. The lowest BCUT2D eigenvalue weighted by molar-refractivity contribution is -0.151. The zero-order valence-corrected chi connectivity index (χ0v) is 21.6. The normalized spacial score (nSPS) is 22.2. The molecule has 7 nitrogen and oxygen atoms in total. The molecule has 2 aliphatic carbocycles. The van der Waals surface area contributed by atoms with Gasteiger partial charge in [0, 0.05) is 12.3 Å². The number of fused-ring (bicyclic) bond motifs is 1. The third kappa shape index (κ3) is 7.85. The summed E-state index contributed by atoms with van der Waals surface area (Å²) < 4.78 is 5.10. The molecule has 1 aromatic carbocycles. The molecule has 5 N–H and O–H groups in total. The number of aliphatic hydroxyl groups is 5. The predicted molar refractivity (Wildman–Crippen MR) is 142 cm³/mol. The van der Waals surface area contributed by atoms with Gasteiger partial charge in [-0.3, -0.25) is 4.79 Å². The molecule has 1 saturated carbocycles. The zero-order chi connectivity index (χ0) is 26.8. The Hall–Kier alpha value is -2.29. The Balaban J connectivity index is 1.42. The third-order valence-corrected chi connectivity index (χ3v) is 7.79. The highest BCUT2D eigenvalue weighted by atomic mass is 16.5. The monoisotopic (exact) mass is 514 g/mol. The zero-order valence-electron chi connectivity index (χ0n) is 21.6. The summed E-state index contributed by atoms with van der Waals surface area (Å²) in [5.41, 5.74) is 3.40. The van der Waals surface area contributed by atoms with Crippen molar-refractivity contribution in [2.75, 3.05) is 26.4 Å². The Bertz CT molecular complexity index is 929. The van der Waals surface area contributed by atoms with Gasteiger partial charge in [-0.15, -0.1) is 0 Å². The molecule has 0 bridgehead atoms. The lowest BCUT2D eigenvalue weighted by Gasteiger charge is -2.26. The van der Waals surface area contributed by atoms with Gasteiger partial charge in [0.1, 0.15) is 6.61 Å². The van der Waals surface area contributed by atoms with Gasteiger partial charge in [0.15, 0.2) is 0 Å².